The number of anilines is 1. The standard InChI is InChI=1S/C23H23NO2/c1-17-7-13-21(14-8-17)24-23(15-22(16-25)26-24)20-11-9-19(10-12-20)18-5-3-2-4-6-18/h2-14,22-23,25H,15-16H2,1H3. The lowest BCUT2D eigenvalue weighted by Gasteiger charge is -2.25. The molecule has 1 fully saturated rings. The second kappa shape index (κ2) is 7.32. The van der Waals surface area contributed by atoms with Gasteiger partial charge in [-0.15, -0.1) is 0 Å². The quantitative estimate of drug-likeness (QED) is 0.729. The van der Waals surface area contributed by atoms with Crippen molar-refractivity contribution in [2.24, 2.45) is 0 Å². The number of hydrogen-bond donors (Lipinski definition) is 1. The van der Waals surface area contributed by atoms with Crippen LogP contribution in [-0.2, 0) is 4.84 Å². The molecule has 0 aliphatic carbocycles. The molecule has 2 atom stereocenters. The Balaban J connectivity index is 1.62. The highest BCUT2D eigenvalue weighted by Gasteiger charge is 2.34. The van der Waals surface area contributed by atoms with E-state index in [0.717, 1.165) is 12.1 Å². The Bertz CT molecular complexity index is 844. The predicted octanol–water partition coefficient (Wildman–Crippen LogP) is 4.91. The third kappa shape index (κ3) is 3.36. The molecule has 0 spiro atoms. The first kappa shape index (κ1) is 16.8. The lowest BCUT2D eigenvalue weighted by Crippen LogP contribution is -2.22. The molecule has 1 saturated heterocycles. The van der Waals surface area contributed by atoms with Crippen molar-refractivity contribution in [3.63, 3.8) is 0 Å². The summed E-state index contributed by atoms with van der Waals surface area (Å²) in [5, 5.41) is 11.5. The van der Waals surface area contributed by atoms with Gasteiger partial charge in [0.05, 0.1) is 18.3 Å². The van der Waals surface area contributed by atoms with Crippen molar-refractivity contribution in [1.29, 1.82) is 0 Å². The molecule has 3 aromatic carbocycles. The second-order valence-electron chi connectivity index (χ2n) is 6.81. The van der Waals surface area contributed by atoms with Crippen molar-refractivity contribution in [3.05, 3.63) is 90.0 Å². The fourth-order valence-electron chi connectivity index (χ4n) is 3.46. The molecule has 3 heteroatoms. The lowest BCUT2D eigenvalue weighted by molar-refractivity contribution is 0.0406. The number of rotatable bonds is 4. The maximum atomic E-state index is 9.58. The topological polar surface area (TPSA) is 32.7 Å². The van der Waals surface area contributed by atoms with E-state index in [-0.39, 0.29) is 18.8 Å². The Morgan fingerprint density at radius 1 is 0.885 bits per heavy atom. The normalized spacial score (nSPS) is 19.7. The Morgan fingerprint density at radius 3 is 2.19 bits per heavy atom. The minimum absolute atomic E-state index is 0.0287. The molecular formula is C23H23NO2. The van der Waals surface area contributed by atoms with Gasteiger partial charge in [-0.05, 0) is 35.7 Å². The van der Waals surface area contributed by atoms with E-state index in [2.05, 4.69) is 79.7 Å². The molecule has 1 N–H and O–H groups in total. The van der Waals surface area contributed by atoms with Crippen LogP contribution in [0.1, 0.15) is 23.6 Å². The summed E-state index contributed by atoms with van der Waals surface area (Å²) in [7, 11) is 0. The Kier molecular flexibility index (Phi) is 4.74. The molecule has 4 rings (SSSR count). The van der Waals surface area contributed by atoms with Gasteiger partial charge in [-0.3, -0.25) is 4.84 Å². The van der Waals surface area contributed by atoms with E-state index >= 15 is 0 Å². The van der Waals surface area contributed by atoms with Crippen LogP contribution in [0.15, 0.2) is 78.9 Å². The second-order valence-corrected chi connectivity index (χ2v) is 6.81. The van der Waals surface area contributed by atoms with E-state index in [1.54, 1.807) is 0 Å². The van der Waals surface area contributed by atoms with Gasteiger partial charge in [0.2, 0.25) is 0 Å². The maximum absolute atomic E-state index is 9.58. The maximum Gasteiger partial charge on any atom is 0.111 e. The van der Waals surface area contributed by atoms with E-state index in [9.17, 15) is 5.11 Å². The number of nitrogens with zero attached hydrogens (tertiary/aromatic N) is 1. The zero-order chi connectivity index (χ0) is 17.9. The fourth-order valence-corrected chi connectivity index (χ4v) is 3.46. The van der Waals surface area contributed by atoms with Gasteiger partial charge in [0.1, 0.15) is 6.10 Å². The number of aryl methyl sites for hydroxylation is 1. The van der Waals surface area contributed by atoms with Gasteiger partial charge in [0.15, 0.2) is 0 Å². The largest absolute Gasteiger partial charge is 0.394 e. The minimum Gasteiger partial charge on any atom is -0.394 e. The summed E-state index contributed by atoms with van der Waals surface area (Å²) >= 11 is 0. The van der Waals surface area contributed by atoms with E-state index < -0.39 is 0 Å². The first-order valence-electron chi connectivity index (χ1n) is 9.03. The van der Waals surface area contributed by atoms with Gasteiger partial charge in [-0.25, -0.2) is 5.06 Å². The molecule has 0 aromatic heterocycles. The molecule has 0 radical (unpaired) electrons. The van der Waals surface area contributed by atoms with Gasteiger partial charge in [0, 0.05) is 6.42 Å². The smallest absolute Gasteiger partial charge is 0.111 e. The van der Waals surface area contributed by atoms with Crippen molar-refractivity contribution in [2.75, 3.05) is 11.7 Å². The van der Waals surface area contributed by atoms with Gasteiger partial charge >= 0.3 is 0 Å². The van der Waals surface area contributed by atoms with Crippen molar-refractivity contribution in [3.8, 4) is 11.1 Å². The molecule has 132 valence electrons. The SMILES string of the molecule is Cc1ccc(N2OC(CO)CC2c2ccc(-c3ccccc3)cc2)cc1. The number of hydroxylamine groups is 1. The molecule has 1 heterocycles. The van der Waals surface area contributed by atoms with Crippen LogP contribution in [0.4, 0.5) is 5.69 Å². The van der Waals surface area contributed by atoms with Crippen LogP contribution in [-0.4, -0.2) is 17.8 Å². The summed E-state index contributed by atoms with van der Waals surface area (Å²) in [6.07, 6.45) is 0.602. The lowest BCUT2D eigenvalue weighted by atomic mass is 9.98. The summed E-state index contributed by atoms with van der Waals surface area (Å²) in [6, 6.07) is 27.4. The molecule has 0 bridgehead atoms. The molecule has 0 amide bonds. The molecule has 2 unspecified atom stereocenters. The molecule has 0 saturated carbocycles. The predicted molar refractivity (Wildman–Crippen MR) is 105 cm³/mol. The van der Waals surface area contributed by atoms with Crippen LogP contribution in [0.5, 0.6) is 0 Å². The van der Waals surface area contributed by atoms with Gasteiger partial charge in [0.25, 0.3) is 0 Å². The summed E-state index contributed by atoms with van der Waals surface area (Å²) in [5.41, 5.74) is 5.85. The number of benzene rings is 3. The van der Waals surface area contributed by atoms with E-state index in [1.807, 2.05) is 11.1 Å². The highest BCUT2D eigenvalue weighted by atomic mass is 16.7. The van der Waals surface area contributed by atoms with Crippen LogP contribution in [0.2, 0.25) is 0 Å². The van der Waals surface area contributed by atoms with E-state index in [1.165, 1.54) is 22.3 Å². The van der Waals surface area contributed by atoms with E-state index in [4.69, 9.17) is 4.84 Å². The highest BCUT2D eigenvalue weighted by molar-refractivity contribution is 5.63. The molecular weight excluding hydrogens is 322 g/mol. The zero-order valence-corrected chi connectivity index (χ0v) is 14.9. The van der Waals surface area contributed by atoms with Crippen LogP contribution in [0.3, 0.4) is 0 Å². The molecule has 1 aliphatic rings. The average molecular weight is 345 g/mol. The molecule has 1 aliphatic heterocycles. The Morgan fingerprint density at radius 2 is 1.54 bits per heavy atom. The summed E-state index contributed by atoms with van der Waals surface area (Å²) in [4.78, 5) is 6.00. The van der Waals surface area contributed by atoms with Crippen molar-refractivity contribution >= 4 is 5.69 Å². The first-order chi connectivity index (χ1) is 12.7. The Labute approximate surface area is 154 Å². The monoisotopic (exact) mass is 345 g/mol. The van der Waals surface area contributed by atoms with Gasteiger partial charge < -0.3 is 5.11 Å². The summed E-state index contributed by atoms with van der Waals surface area (Å²) < 4.78 is 0. The van der Waals surface area contributed by atoms with Gasteiger partial charge in [-0.1, -0.05) is 72.3 Å². The van der Waals surface area contributed by atoms with Gasteiger partial charge in [-0.2, -0.15) is 0 Å². The number of hydrogen-bond acceptors (Lipinski definition) is 3. The first-order valence-corrected chi connectivity index (χ1v) is 9.03. The van der Waals surface area contributed by atoms with Crippen molar-refractivity contribution < 1.29 is 9.94 Å². The summed E-state index contributed by atoms with van der Waals surface area (Å²) in [5.74, 6) is 0. The third-order valence-electron chi connectivity index (χ3n) is 4.93. The van der Waals surface area contributed by atoms with Crippen LogP contribution >= 0.6 is 0 Å². The average Bonchev–Trinajstić information content (AvgIpc) is 3.14. The Hall–Kier alpha value is -2.62. The summed E-state index contributed by atoms with van der Waals surface area (Å²) in [6.45, 7) is 2.10. The molecule has 3 nitrogen and oxygen atoms in total. The molecule has 3 aromatic rings. The number of aliphatic hydroxyl groups is 1. The van der Waals surface area contributed by atoms with E-state index in [0.29, 0.717) is 0 Å². The fraction of sp³-hybridized carbons (Fsp3) is 0.217. The number of aliphatic hydroxyl groups excluding tert-OH is 1. The van der Waals surface area contributed by atoms with Crippen molar-refractivity contribution in [1.82, 2.24) is 0 Å². The minimum atomic E-state index is -0.171. The van der Waals surface area contributed by atoms with Crippen molar-refractivity contribution in [2.45, 2.75) is 25.5 Å². The molecule has 26 heavy (non-hydrogen) atoms. The van der Waals surface area contributed by atoms with Crippen LogP contribution in [0.25, 0.3) is 11.1 Å². The van der Waals surface area contributed by atoms with Crippen LogP contribution in [0, 0.1) is 6.92 Å². The third-order valence-corrected chi connectivity index (χ3v) is 4.93. The van der Waals surface area contributed by atoms with Crippen LogP contribution < -0.4 is 5.06 Å². The zero-order valence-electron chi connectivity index (χ0n) is 14.9. The highest BCUT2D eigenvalue weighted by Crippen LogP contribution is 2.38.